The third-order valence-corrected chi connectivity index (χ3v) is 12.7. The molecular weight excluding hydrogens is 677 g/mol. The number of esters is 1. The highest BCUT2D eigenvalue weighted by Gasteiger charge is 2.58. The number of unbranched alkanes of at least 4 members (excludes halogenated alkanes) is 10. The Morgan fingerprint density at radius 2 is 1.05 bits per heavy atom. The molecule has 0 aliphatic carbocycles. The van der Waals surface area contributed by atoms with Crippen LogP contribution in [0.2, 0.25) is 0 Å². The second-order valence-electron chi connectivity index (χ2n) is 10.4. The molecule has 0 bridgehead atoms. The Morgan fingerprint density at radius 3 is 1.50 bits per heavy atom. The van der Waals surface area contributed by atoms with Crippen molar-refractivity contribution in [2.45, 2.75) is 90.6 Å². The highest BCUT2D eigenvalue weighted by Crippen LogP contribution is 2.70. The van der Waals surface area contributed by atoms with E-state index < -0.39 is 37.5 Å². The van der Waals surface area contributed by atoms with Gasteiger partial charge >= 0.3 is 21.3 Å². The van der Waals surface area contributed by atoms with Gasteiger partial charge in [0.15, 0.2) is 0 Å². The van der Waals surface area contributed by atoms with Crippen LogP contribution in [0, 0.1) is 5.82 Å². The van der Waals surface area contributed by atoms with Gasteiger partial charge in [-0.15, -0.1) is 0 Å². The summed E-state index contributed by atoms with van der Waals surface area (Å²) < 4.78 is 81.4. The molecule has 0 fully saturated rings. The Bertz CT molecular complexity index is 1340. The lowest BCUT2D eigenvalue weighted by molar-refractivity contribution is -0.161. The van der Waals surface area contributed by atoms with Crippen LogP contribution in [0.1, 0.15) is 70.6 Å². The largest absolute Gasteiger partial charge is 0.466 e. The van der Waals surface area contributed by atoms with E-state index in [1.54, 1.807) is 60.7 Å². The summed E-state index contributed by atoms with van der Waals surface area (Å²) >= 11 is 3.43. The van der Waals surface area contributed by atoms with Gasteiger partial charge in [0, 0.05) is 20.0 Å². The van der Waals surface area contributed by atoms with E-state index in [0.717, 1.165) is 43.1 Å². The third kappa shape index (κ3) is 9.83. The summed E-state index contributed by atoms with van der Waals surface area (Å²) in [6, 6.07) is 20.8. The summed E-state index contributed by atoms with van der Waals surface area (Å²) in [4.78, 5) is 13.2. The zero-order valence-corrected chi connectivity index (χ0v) is 27.9. The average Bonchev–Trinajstić information content (AvgIpc) is 3.03. The molecular formula is C33H40BrF3O5S2. The predicted octanol–water partition coefficient (Wildman–Crippen LogP) is 10.2. The van der Waals surface area contributed by atoms with E-state index in [1.807, 2.05) is 0 Å². The molecule has 0 spiro atoms. The summed E-state index contributed by atoms with van der Waals surface area (Å²) in [6.07, 6.45) is 11.3. The molecule has 0 heterocycles. The summed E-state index contributed by atoms with van der Waals surface area (Å²) in [5, 5.41) is -3.94. The van der Waals surface area contributed by atoms with Crippen molar-refractivity contribution in [1.82, 2.24) is 0 Å². The van der Waals surface area contributed by atoms with E-state index in [0.29, 0.717) is 12.8 Å². The zero-order valence-electron chi connectivity index (χ0n) is 24.6. The monoisotopic (exact) mass is 716 g/mol. The number of ether oxygens (including phenoxy) is 1. The first-order valence-electron chi connectivity index (χ1n) is 14.9. The molecule has 44 heavy (non-hydrogen) atoms. The Balaban J connectivity index is 1.67. The number of alkyl halides is 3. The van der Waals surface area contributed by atoms with E-state index >= 15 is 8.78 Å². The maximum Gasteiger partial charge on any atom is 0.466 e. The fraction of sp³-hybridized carbons (Fsp3) is 0.424. The van der Waals surface area contributed by atoms with Gasteiger partial charge < -0.3 is 4.74 Å². The van der Waals surface area contributed by atoms with Crippen LogP contribution in [0.4, 0.5) is 13.2 Å². The van der Waals surface area contributed by atoms with Crippen molar-refractivity contribution in [3.63, 3.8) is 0 Å². The molecule has 3 aromatic rings. The minimum atomic E-state index is -5.91. The fourth-order valence-electron chi connectivity index (χ4n) is 4.69. The lowest BCUT2D eigenvalue weighted by Crippen LogP contribution is -2.41. The number of benzene rings is 3. The Hall–Kier alpha value is -2.34. The molecule has 242 valence electrons. The predicted molar refractivity (Wildman–Crippen MR) is 172 cm³/mol. The summed E-state index contributed by atoms with van der Waals surface area (Å²) in [5.74, 6) is -2.79. The summed E-state index contributed by atoms with van der Waals surface area (Å²) in [5.41, 5.74) is 0. The number of rotatable bonds is 20. The van der Waals surface area contributed by atoms with Gasteiger partial charge in [0.2, 0.25) is 0 Å². The van der Waals surface area contributed by atoms with Gasteiger partial charge in [0.25, 0.3) is 0 Å². The van der Waals surface area contributed by atoms with Crippen molar-refractivity contribution in [2.24, 2.45) is 0 Å². The molecule has 0 saturated heterocycles. The van der Waals surface area contributed by atoms with Gasteiger partial charge in [0.1, 0.15) is 5.82 Å². The van der Waals surface area contributed by atoms with Crippen molar-refractivity contribution in [2.75, 3.05) is 11.9 Å². The molecule has 0 saturated carbocycles. The van der Waals surface area contributed by atoms with Crippen molar-refractivity contribution >= 4 is 42.3 Å². The van der Waals surface area contributed by atoms with Crippen LogP contribution in [0.15, 0.2) is 99.6 Å². The lowest BCUT2D eigenvalue weighted by Gasteiger charge is -2.39. The van der Waals surface area contributed by atoms with E-state index in [4.69, 9.17) is 8.37 Å². The number of hydrogen-bond acceptors (Lipinski definition) is 5. The van der Waals surface area contributed by atoms with E-state index in [2.05, 4.69) is 15.9 Å². The van der Waals surface area contributed by atoms with Gasteiger partial charge in [-0.1, -0.05) is 110 Å². The van der Waals surface area contributed by atoms with Crippen LogP contribution >= 0.6 is 26.2 Å². The highest BCUT2D eigenvalue weighted by atomic mass is 79.9. The minimum Gasteiger partial charge on any atom is -0.460 e. The van der Waals surface area contributed by atoms with E-state index in [-0.39, 0.29) is 21.3 Å². The van der Waals surface area contributed by atoms with Crippen LogP contribution < -0.4 is 0 Å². The van der Waals surface area contributed by atoms with E-state index in [1.165, 1.54) is 44.2 Å². The SMILES string of the molecule is O=C(OCCCCCCCCCCCCCBr)C(F)(F)S(=O)(=O)OS(c1ccccc1)(c1ccccc1)c1ccc(F)cc1. The molecule has 0 atom stereocenters. The van der Waals surface area contributed by atoms with Gasteiger partial charge in [-0.2, -0.15) is 17.2 Å². The van der Waals surface area contributed by atoms with Crippen LogP contribution in [-0.2, 0) is 23.3 Å². The molecule has 0 aromatic heterocycles. The standard InChI is InChI=1S/C33H40BrF3O5S2/c34-26-16-8-6-4-2-1-3-5-7-9-17-27-41-32(38)33(36,37)44(39,40)42-43(29-18-12-10-13-19-29,30-20-14-11-15-21-30)31-24-22-28(35)23-25-31/h10-15,18-25H,1-9,16-17,26-27H2. The number of halogens is 4. The number of carbonyl (C=O) groups is 1. The molecule has 11 heteroatoms. The van der Waals surface area contributed by atoms with Gasteiger partial charge in [-0.25, -0.2) is 12.8 Å². The maximum atomic E-state index is 15.3. The van der Waals surface area contributed by atoms with Gasteiger partial charge in [0.05, 0.1) is 6.61 Å². The highest BCUT2D eigenvalue weighted by molar-refractivity contribution is 9.09. The summed E-state index contributed by atoms with van der Waals surface area (Å²) in [6.45, 7) is -0.329. The summed E-state index contributed by atoms with van der Waals surface area (Å²) in [7, 11) is -9.32. The van der Waals surface area contributed by atoms with Gasteiger partial charge in [-0.3, -0.25) is 0 Å². The van der Waals surface area contributed by atoms with Gasteiger partial charge in [-0.05, 0) is 71.7 Å². The maximum absolute atomic E-state index is 15.3. The second kappa shape index (κ2) is 18.0. The average molecular weight is 718 g/mol. The van der Waals surface area contributed by atoms with Crippen molar-refractivity contribution in [3.05, 3.63) is 90.7 Å². The van der Waals surface area contributed by atoms with E-state index in [9.17, 15) is 17.6 Å². The quantitative estimate of drug-likeness (QED) is 0.0661. The molecule has 0 unspecified atom stereocenters. The molecule has 5 nitrogen and oxygen atoms in total. The van der Waals surface area contributed by atoms with Crippen molar-refractivity contribution in [1.29, 1.82) is 0 Å². The third-order valence-electron chi connectivity index (χ3n) is 7.05. The molecule has 3 rings (SSSR count). The second-order valence-corrected chi connectivity index (χ2v) is 15.7. The molecule has 0 amide bonds. The van der Waals surface area contributed by atoms with Crippen LogP contribution in [0.25, 0.3) is 0 Å². The topological polar surface area (TPSA) is 69.7 Å². The molecule has 0 radical (unpaired) electrons. The van der Waals surface area contributed by atoms with Crippen molar-refractivity contribution in [3.8, 4) is 0 Å². The fourth-order valence-corrected chi connectivity index (χ4v) is 10.1. The Morgan fingerprint density at radius 1 is 0.636 bits per heavy atom. The molecule has 0 aliphatic heterocycles. The van der Waals surface area contributed by atoms with Crippen LogP contribution in [0.3, 0.4) is 0 Å². The van der Waals surface area contributed by atoms with Crippen molar-refractivity contribution < 1.29 is 34.7 Å². The normalized spacial score (nSPS) is 12.6. The van der Waals surface area contributed by atoms with Crippen LogP contribution in [0.5, 0.6) is 0 Å². The molecule has 0 aliphatic rings. The smallest absolute Gasteiger partial charge is 0.460 e. The number of hydrogen-bond donors (Lipinski definition) is 0. The lowest BCUT2D eigenvalue weighted by atomic mass is 10.1. The Labute approximate surface area is 269 Å². The van der Waals surface area contributed by atoms with Crippen LogP contribution in [-0.4, -0.2) is 31.6 Å². The Kier molecular flexibility index (Phi) is 14.8. The zero-order chi connectivity index (χ0) is 31.9. The first-order chi connectivity index (χ1) is 21.1. The first kappa shape index (κ1) is 36.1. The minimum absolute atomic E-state index is 0.152. The first-order valence-corrected chi connectivity index (χ1v) is 19.0. The molecule has 0 N–H and O–H groups in total. The number of carbonyl (C=O) groups excluding carboxylic acids is 1. The molecule has 3 aromatic carbocycles.